The number of ether oxygens (including phenoxy) is 1. The molecule has 0 N–H and O–H groups in total. The van der Waals surface area contributed by atoms with Crippen LogP contribution in [0.1, 0.15) is 52.3 Å². The van der Waals surface area contributed by atoms with Crippen LogP contribution >= 0.6 is 0 Å². The molecule has 4 rings (SSSR count). The van der Waals surface area contributed by atoms with Crippen LogP contribution in [0.4, 0.5) is 0 Å². The summed E-state index contributed by atoms with van der Waals surface area (Å²) in [4.78, 5) is 19.2. The van der Waals surface area contributed by atoms with Crippen molar-refractivity contribution in [2.24, 2.45) is 5.92 Å². The van der Waals surface area contributed by atoms with Crippen LogP contribution in [0.5, 0.6) is 0 Å². The molecule has 7 heteroatoms. The Morgan fingerprint density at radius 3 is 2.77 bits per heavy atom. The van der Waals surface area contributed by atoms with E-state index < -0.39 is 0 Å². The van der Waals surface area contributed by atoms with Gasteiger partial charge < -0.3 is 14.2 Å². The van der Waals surface area contributed by atoms with Gasteiger partial charge in [0.25, 0.3) is 5.91 Å². The van der Waals surface area contributed by atoms with E-state index in [2.05, 4.69) is 16.2 Å². The second-order valence-corrected chi connectivity index (χ2v) is 6.99. The minimum atomic E-state index is -0.0555. The van der Waals surface area contributed by atoms with Crippen LogP contribution in [-0.2, 0) is 4.74 Å². The van der Waals surface area contributed by atoms with E-state index in [1.54, 1.807) is 36.3 Å². The Bertz CT molecular complexity index is 835. The smallest absolute Gasteiger partial charge is 0.253 e. The van der Waals surface area contributed by atoms with Crippen LogP contribution in [0.2, 0.25) is 0 Å². The fraction of sp³-hybridized carbons (Fsp3) is 0.474. The Hall–Kier alpha value is -2.72. The molecule has 1 aromatic heterocycles. The van der Waals surface area contributed by atoms with Gasteiger partial charge in [-0.2, -0.15) is 10.2 Å². The van der Waals surface area contributed by atoms with Crippen molar-refractivity contribution in [2.45, 2.75) is 24.7 Å². The van der Waals surface area contributed by atoms with E-state index >= 15 is 0 Å². The molecule has 7 nitrogen and oxygen atoms in total. The third-order valence-electron chi connectivity index (χ3n) is 5.09. The SMILES string of the molecule is COCC1CN(C(=O)c2ccc(C#N)cc2)CC1c1nc(C2CC2)no1. The van der Waals surface area contributed by atoms with Crippen LogP contribution in [0.25, 0.3) is 0 Å². The summed E-state index contributed by atoms with van der Waals surface area (Å²) in [5.74, 6) is 1.87. The first kappa shape index (κ1) is 16.7. The summed E-state index contributed by atoms with van der Waals surface area (Å²) < 4.78 is 10.8. The normalized spacial score (nSPS) is 22.4. The summed E-state index contributed by atoms with van der Waals surface area (Å²) in [6.45, 7) is 1.64. The molecule has 2 fully saturated rings. The fourth-order valence-electron chi connectivity index (χ4n) is 3.47. The topological polar surface area (TPSA) is 92.2 Å². The van der Waals surface area contributed by atoms with E-state index in [9.17, 15) is 4.79 Å². The highest BCUT2D eigenvalue weighted by Gasteiger charge is 2.40. The van der Waals surface area contributed by atoms with Crippen LogP contribution in [0, 0.1) is 17.2 Å². The fourth-order valence-corrected chi connectivity index (χ4v) is 3.47. The van der Waals surface area contributed by atoms with E-state index in [1.165, 1.54) is 0 Å². The summed E-state index contributed by atoms with van der Waals surface area (Å²) in [7, 11) is 1.66. The molecule has 134 valence electrons. The van der Waals surface area contributed by atoms with Crippen LogP contribution in [0.3, 0.4) is 0 Å². The van der Waals surface area contributed by atoms with Gasteiger partial charge in [-0.25, -0.2) is 0 Å². The number of methoxy groups -OCH3 is 1. The number of hydrogen-bond donors (Lipinski definition) is 0. The highest BCUT2D eigenvalue weighted by Crippen LogP contribution is 2.40. The largest absolute Gasteiger partial charge is 0.384 e. The van der Waals surface area contributed by atoms with E-state index in [0.717, 1.165) is 18.7 Å². The second-order valence-electron chi connectivity index (χ2n) is 6.99. The maximum Gasteiger partial charge on any atom is 0.253 e. The number of likely N-dealkylation sites (tertiary alicyclic amines) is 1. The first-order chi connectivity index (χ1) is 12.7. The van der Waals surface area contributed by atoms with E-state index in [0.29, 0.717) is 42.6 Å². The molecule has 0 bridgehead atoms. The molecule has 1 aliphatic heterocycles. The van der Waals surface area contributed by atoms with Gasteiger partial charge in [-0.3, -0.25) is 4.79 Å². The van der Waals surface area contributed by atoms with Gasteiger partial charge in [0.2, 0.25) is 5.89 Å². The monoisotopic (exact) mass is 352 g/mol. The molecule has 1 saturated heterocycles. The minimum Gasteiger partial charge on any atom is -0.384 e. The quantitative estimate of drug-likeness (QED) is 0.820. The molecule has 1 aromatic carbocycles. The zero-order chi connectivity index (χ0) is 18.1. The number of nitrogens with zero attached hydrogens (tertiary/aromatic N) is 4. The number of carbonyl (C=O) groups excluding carboxylic acids is 1. The Kier molecular flexibility index (Phi) is 4.43. The van der Waals surface area contributed by atoms with Gasteiger partial charge in [-0.05, 0) is 37.1 Å². The molecule has 2 aliphatic rings. The Morgan fingerprint density at radius 2 is 2.12 bits per heavy atom. The average Bonchev–Trinajstić information content (AvgIpc) is 3.25. The van der Waals surface area contributed by atoms with Gasteiger partial charge in [-0.1, -0.05) is 5.16 Å². The zero-order valence-corrected chi connectivity index (χ0v) is 14.6. The standard InChI is InChI=1S/C19H20N4O3/c1-25-11-15-9-23(19(24)14-4-2-12(8-20)3-5-14)10-16(15)18-21-17(22-26-18)13-6-7-13/h2-5,13,15-16H,6-7,9-11H2,1H3. The van der Waals surface area contributed by atoms with Gasteiger partial charge >= 0.3 is 0 Å². The summed E-state index contributed by atoms with van der Waals surface area (Å²) in [6.07, 6.45) is 2.24. The number of nitriles is 1. The van der Waals surface area contributed by atoms with Gasteiger partial charge in [-0.15, -0.1) is 0 Å². The molecular formula is C19H20N4O3. The highest BCUT2D eigenvalue weighted by molar-refractivity contribution is 5.94. The van der Waals surface area contributed by atoms with Crippen molar-refractivity contribution in [2.75, 3.05) is 26.8 Å². The lowest BCUT2D eigenvalue weighted by Crippen LogP contribution is -2.29. The van der Waals surface area contributed by atoms with Crippen molar-refractivity contribution in [1.29, 1.82) is 5.26 Å². The lowest BCUT2D eigenvalue weighted by Gasteiger charge is -2.16. The minimum absolute atomic E-state index is 0.0164. The van der Waals surface area contributed by atoms with Gasteiger partial charge in [0, 0.05) is 37.6 Å². The molecule has 0 spiro atoms. The van der Waals surface area contributed by atoms with Gasteiger partial charge in [0.15, 0.2) is 5.82 Å². The maximum absolute atomic E-state index is 12.8. The van der Waals surface area contributed by atoms with Crippen molar-refractivity contribution in [3.63, 3.8) is 0 Å². The average molecular weight is 352 g/mol. The summed E-state index contributed by atoms with van der Waals surface area (Å²) in [6, 6.07) is 8.77. The molecule has 1 amide bonds. The summed E-state index contributed by atoms with van der Waals surface area (Å²) in [5.41, 5.74) is 1.11. The van der Waals surface area contributed by atoms with Crippen LogP contribution < -0.4 is 0 Å². The maximum atomic E-state index is 12.8. The molecule has 1 saturated carbocycles. The van der Waals surface area contributed by atoms with Crippen LogP contribution in [0.15, 0.2) is 28.8 Å². The Morgan fingerprint density at radius 1 is 1.35 bits per heavy atom. The van der Waals surface area contributed by atoms with Crippen molar-refractivity contribution < 1.29 is 14.1 Å². The van der Waals surface area contributed by atoms with E-state index in [-0.39, 0.29) is 17.7 Å². The Balaban J connectivity index is 1.52. The number of benzene rings is 1. The van der Waals surface area contributed by atoms with Crippen molar-refractivity contribution >= 4 is 5.91 Å². The number of amides is 1. The van der Waals surface area contributed by atoms with Gasteiger partial charge in [0.05, 0.1) is 24.2 Å². The highest BCUT2D eigenvalue weighted by atomic mass is 16.5. The lowest BCUT2D eigenvalue weighted by atomic mass is 9.97. The third-order valence-corrected chi connectivity index (χ3v) is 5.09. The molecule has 2 heterocycles. The molecule has 2 unspecified atom stereocenters. The first-order valence-corrected chi connectivity index (χ1v) is 8.81. The molecule has 0 radical (unpaired) electrons. The number of rotatable bonds is 5. The molecular weight excluding hydrogens is 332 g/mol. The molecule has 2 atom stereocenters. The van der Waals surface area contributed by atoms with Crippen molar-refractivity contribution in [3.8, 4) is 6.07 Å². The van der Waals surface area contributed by atoms with Gasteiger partial charge in [0.1, 0.15) is 0 Å². The van der Waals surface area contributed by atoms with E-state index in [1.807, 2.05) is 0 Å². The molecule has 26 heavy (non-hydrogen) atoms. The second kappa shape index (κ2) is 6.89. The Labute approximate surface area is 151 Å². The number of hydrogen-bond acceptors (Lipinski definition) is 6. The number of carbonyl (C=O) groups is 1. The summed E-state index contributed by atoms with van der Waals surface area (Å²) >= 11 is 0. The van der Waals surface area contributed by atoms with Crippen molar-refractivity contribution in [3.05, 3.63) is 47.1 Å². The van der Waals surface area contributed by atoms with E-state index in [4.69, 9.17) is 14.5 Å². The van der Waals surface area contributed by atoms with Crippen molar-refractivity contribution in [1.82, 2.24) is 15.0 Å². The molecule has 2 aromatic rings. The van der Waals surface area contributed by atoms with Crippen LogP contribution in [-0.4, -0.2) is 47.8 Å². The predicted molar refractivity (Wildman–Crippen MR) is 91.4 cm³/mol. The number of aromatic nitrogens is 2. The third kappa shape index (κ3) is 3.20. The first-order valence-electron chi connectivity index (χ1n) is 8.81. The summed E-state index contributed by atoms with van der Waals surface area (Å²) in [5, 5.41) is 13.0. The predicted octanol–water partition coefficient (Wildman–Crippen LogP) is 2.32. The lowest BCUT2D eigenvalue weighted by molar-refractivity contribution is 0.0775. The zero-order valence-electron chi connectivity index (χ0n) is 14.6. The molecule has 1 aliphatic carbocycles.